The number of aromatic nitrogens is 4. The van der Waals surface area contributed by atoms with Crippen LogP contribution in [0.3, 0.4) is 0 Å². The standard InChI is InChI=1S/C21H19ClN4P/c1-26-21(23-24-25-26)16-17-10-8-9-15-20(17)27(22,18-11-4-2-5-12-18)19-13-6-3-7-14-19/h2-16,20H,1H3/q+1. The molecule has 27 heavy (non-hydrogen) atoms. The number of hydrogen-bond acceptors (Lipinski definition) is 3. The van der Waals surface area contributed by atoms with Crippen molar-refractivity contribution in [2.75, 3.05) is 0 Å². The third kappa shape index (κ3) is 3.39. The van der Waals surface area contributed by atoms with Gasteiger partial charge in [-0.2, -0.15) is 0 Å². The topological polar surface area (TPSA) is 43.6 Å². The molecule has 1 heterocycles. The number of halogens is 1. The summed E-state index contributed by atoms with van der Waals surface area (Å²) >= 11 is 7.57. The Labute approximate surface area is 164 Å². The van der Waals surface area contributed by atoms with Crippen LogP contribution in [0.2, 0.25) is 0 Å². The first-order chi connectivity index (χ1) is 13.2. The van der Waals surface area contributed by atoms with E-state index in [2.05, 4.69) is 58.0 Å². The number of aryl methyl sites for hydroxylation is 1. The van der Waals surface area contributed by atoms with Gasteiger partial charge in [0.15, 0.2) is 12.4 Å². The third-order valence-electron chi connectivity index (χ3n) is 4.63. The van der Waals surface area contributed by atoms with Crippen LogP contribution < -0.4 is 10.6 Å². The van der Waals surface area contributed by atoms with Crippen LogP contribution in [0.15, 0.2) is 90.5 Å². The molecule has 0 spiro atoms. The van der Waals surface area contributed by atoms with Crippen LogP contribution in [-0.2, 0) is 7.05 Å². The number of rotatable bonds is 4. The molecule has 4 rings (SSSR count). The lowest BCUT2D eigenvalue weighted by molar-refractivity contribution is 0.706. The Kier molecular flexibility index (Phi) is 5.02. The molecule has 1 aliphatic rings. The van der Waals surface area contributed by atoms with Crippen molar-refractivity contribution in [1.29, 1.82) is 0 Å². The van der Waals surface area contributed by atoms with Crippen molar-refractivity contribution >= 4 is 34.5 Å². The molecule has 4 nitrogen and oxygen atoms in total. The van der Waals surface area contributed by atoms with Crippen molar-refractivity contribution < 1.29 is 0 Å². The predicted molar refractivity (Wildman–Crippen MR) is 114 cm³/mol. The van der Waals surface area contributed by atoms with Crippen molar-refractivity contribution in [2.24, 2.45) is 7.05 Å². The molecule has 0 amide bonds. The Morgan fingerprint density at radius 1 is 0.963 bits per heavy atom. The van der Waals surface area contributed by atoms with E-state index < -0.39 is 6.62 Å². The predicted octanol–water partition coefficient (Wildman–Crippen LogP) is 3.91. The first kappa shape index (κ1) is 17.8. The van der Waals surface area contributed by atoms with Crippen LogP contribution in [0.25, 0.3) is 6.08 Å². The van der Waals surface area contributed by atoms with E-state index in [0.717, 1.165) is 16.2 Å². The van der Waals surface area contributed by atoms with Crippen LogP contribution in [-0.4, -0.2) is 25.9 Å². The fourth-order valence-corrected chi connectivity index (χ4v) is 7.54. The second kappa shape index (κ2) is 7.59. The average molecular weight is 394 g/mol. The van der Waals surface area contributed by atoms with Gasteiger partial charge < -0.3 is 0 Å². The van der Waals surface area contributed by atoms with Crippen molar-refractivity contribution in [3.8, 4) is 0 Å². The summed E-state index contributed by atoms with van der Waals surface area (Å²) in [6, 6.07) is 20.7. The Balaban J connectivity index is 1.89. The summed E-state index contributed by atoms with van der Waals surface area (Å²) < 4.78 is 1.66. The molecule has 1 aliphatic carbocycles. The average Bonchev–Trinajstić information content (AvgIpc) is 3.13. The molecule has 0 saturated carbocycles. The normalized spacial score (nSPS) is 18.1. The van der Waals surface area contributed by atoms with Gasteiger partial charge in [0.2, 0.25) is 0 Å². The van der Waals surface area contributed by atoms with Crippen LogP contribution >= 0.6 is 17.9 Å². The first-order valence-electron chi connectivity index (χ1n) is 8.68. The number of tetrazole rings is 1. The number of hydrogen-bond donors (Lipinski definition) is 0. The quantitative estimate of drug-likeness (QED) is 0.631. The van der Waals surface area contributed by atoms with Crippen molar-refractivity contribution in [3.05, 3.63) is 96.4 Å². The SMILES string of the molecule is Cn1nnnc1C=C1C=CC=CC1[P+](Cl)(c1ccccc1)c1ccccc1. The molecule has 0 fully saturated rings. The van der Waals surface area contributed by atoms with Gasteiger partial charge in [-0.05, 0) is 46.8 Å². The van der Waals surface area contributed by atoms with E-state index in [1.54, 1.807) is 4.68 Å². The molecular formula is C21H19ClN4P+. The molecule has 0 radical (unpaired) electrons. The molecule has 1 unspecified atom stereocenters. The summed E-state index contributed by atoms with van der Waals surface area (Å²) in [5, 5.41) is 14.1. The zero-order chi connectivity index (χ0) is 18.7. The summed E-state index contributed by atoms with van der Waals surface area (Å²) in [5.41, 5.74) is 1.14. The number of allylic oxidation sites excluding steroid dienone is 5. The van der Waals surface area contributed by atoms with Gasteiger partial charge in [-0.15, -0.1) is 5.10 Å². The third-order valence-corrected chi connectivity index (χ3v) is 9.77. The zero-order valence-electron chi connectivity index (χ0n) is 14.9. The summed E-state index contributed by atoms with van der Waals surface area (Å²) in [6.45, 7) is -2.25. The van der Waals surface area contributed by atoms with E-state index in [1.807, 2.05) is 55.6 Å². The molecule has 1 aromatic heterocycles. The summed E-state index contributed by atoms with van der Waals surface area (Å²) in [4.78, 5) is 0. The molecule has 0 aliphatic heterocycles. The summed E-state index contributed by atoms with van der Waals surface area (Å²) in [6.07, 6.45) is 10.4. The monoisotopic (exact) mass is 393 g/mol. The van der Waals surface area contributed by atoms with Crippen LogP contribution in [0.5, 0.6) is 0 Å². The molecule has 0 N–H and O–H groups in total. The maximum atomic E-state index is 7.57. The van der Waals surface area contributed by atoms with Crippen molar-refractivity contribution in [3.63, 3.8) is 0 Å². The summed E-state index contributed by atoms with van der Waals surface area (Å²) in [5.74, 6) is 0.708. The van der Waals surface area contributed by atoms with E-state index in [1.165, 1.54) is 0 Å². The van der Waals surface area contributed by atoms with Gasteiger partial charge in [-0.1, -0.05) is 54.6 Å². The second-order valence-corrected chi connectivity index (χ2v) is 10.8. The highest BCUT2D eigenvalue weighted by Gasteiger charge is 2.50. The van der Waals surface area contributed by atoms with Gasteiger partial charge in [0, 0.05) is 12.6 Å². The van der Waals surface area contributed by atoms with Crippen LogP contribution in [0.1, 0.15) is 5.82 Å². The van der Waals surface area contributed by atoms with Gasteiger partial charge in [0.25, 0.3) is 0 Å². The molecule has 1 atom stereocenters. The lowest BCUT2D eigenvalue weighted by atomic mass is 10.1. The Hall–Kier alpha value is -2.55. The molecule has 0 saturated heterocycles. The van der Waals surface area contributed by atoms with E-state index in [0.29, 0.717) is 5.82 Å². The lowest BCUT2D eigenvalue weighted by Crippen LogP contribution is -2.28. The van der Waals surface area contributed by atoms with Crippen LogP contribution in [0.4, 0.5) is 0 Å². The minimum absolute atomic E-state index is 0.0330. The van der Waals surface area contributed by atoms with E-state index in [-0.39, 0.29) is 5.66 Å². The lowest BCUT2D eigenvalue weighted by Gasteiger charge is -2.28. The zero-order valence-corrected chi connectivity index (χ0v) is 16.5. The molecule has 0 bridgehead atoms. The fraction of sp³-hybridized carbons (Fsp3) is 0.0952. The maximum Gasteiger partial charge on any atom is 0.189 e. The highest BCUT2D eigenvalue weighted by molar-refractivity contribution is 8.10. The van der Waals surface area contributed by atoms with Crippen LogP contribution in [0, 0.1) is 0 Å². The molecule has 2 aromatic carbocycles. The largest absolute Gasteiger partial charge is 0.229 e. The van der Waals surface area contributed by atoms with Gasteiger partial charge in [-0.3, -0.25) is 0 Å². The Morgan fingerprint density at radius 2 is 1.59 bits per heavy atom. The molecule has 134 valence electrons. The number of benzene rings is 2. The first-order valence-corrected chi connectivity index (χ1v) is 11.4. The minimum atomic E-state index is -2.25. The minimum Gasteiger partial charge on any atom is -0.229 e. The van der Waals surface area contributed by atoms with E-state index >= 15 is 0 Å². The van der Waals surface area contributed by atoms with Crippen molar-refractivity contribution in [1.82, 2.24) is 20.2 Å². The van der Waals surface area contributed by atoms with E-state index in [9.17, 15) is 0 Å². The smallest absolute Gasteiger partial charge is 0.189 e. The van der Waals surface area contributed by atoms with Gasteiger partial charge in [0.05, 0.1) is 11.2 Å². The van der Waals surface area contributed by atoms with Crippen molar-refractivity contribution in [2.45, 2.75) is 5.66 Å². The van der Waals surface area contributed by atoms with Gasteiger partial charge in [0.1, 0.15) is 16.3 Å². The highest BCUT2D eigenvalue weighted by Crippen LogP contribution is 2.68. The number of nitrogens with zero attached hydrogens (tertiary/aromatic N) is 4. The Morgan fingerprint density at radius 3 is 2.15 bits per heavy atom. The molecule has 6 heteroatoms. The fourth-order valence-electron chi connectivity index (χ4n) is 3.27. The Bertz CT molecular complexity index is 969. The molecular weight excluding hydrogens is 375 g/mol. The maximum absolute atomic E-state index is 7.57. The van der Waals surface area contributed by atoms with Gasteiger partial charge >= 0.3 is 0 Å². The van der Waals surface area contributed by atoms with E-state index in [4.69, 9.17) is 11.2 Å². The highest BCUT2D eigenvalue weighted by atomic mass is 35.7. The van der Waals surface area contributed by atoms with Gasteiger partial charge in [-0.25, -0.2) is 4.68 Å². The summed E-state index contributed by atoms with van der Waals surface area (Å²) in [7, 11) is 1.83. The second-order valence-electron chi connectivity index (χ2n) is 6.30. The molecule has 3 aromatic rings.